The number of hydrogen-bond donors (Lipinski definition) is 2. The van der Waals surface area contributed by atoms with Gasteiger partial charge in [0.15, 0.2) is 17.3 Å². The molecule has 3 heterocycles. The van der Waals surface area contributed by atoms with Gasteiger partial charge in [-0.25, -0.2) is 24.6 Å². The third-order valence-corrected chi connectivity index (χ3v) is 4.49. The van der Waals surface area contributed by atoms with Crippen molar-refractivity contribution in [1.29, 1.82) is 0 Å². The minimum atomic E-state index is -0.324. The zero-order chi connectivity index (χ0) is 20.3. The second-order valence-electron chi connectivity index (χ2n) is 6.43. The van der Waals surface area contributed by atoms with E-state index in [1.165, 1.54) is 11.0 Å². The number of anilines is 1. The highest BCUT2D eigenvalue weighted by molar-refractivity contribution is 6.17. The summed E-state index contributed by atoms with van der Waals surface area (Å²) in [6, 6.07) is -0.324. The lowest BCUT2D eigenvalue weighted by Gasteiger charge is -2.25. The molecule has 28 heavy (non-hydrogen) atoms. The van der Waals surface area contributed by atoms with Crippen LogP contribution >= 0.6 is 11.6 Å². The molecular formula is C18H23ClN8O. The summed E-state index contributed by atoms with van der Waals surface area (Å²) in [6.45, 7) is 3.94. The first-order chi connectivity index (χ1) is 13.5. The number of allylic oxidation sites excluding steroid dienone is 1. The summed E-state index contributed by atoms with van der Waals surface area (Å²) >= 11 is 6.06. The van der Waals surface area contributed by atoms with Crippen LogP contribution in [-0.2, 0) is 5.88 Å². The van der Waals surface area contributed by atoms with Crippen LogP contribution < -0.4 is 15.9 Å². The molecule has 0 bridgehead atoms. The zero-order valence-corrected chi connectivity index (χ0v) is 17.0. The molecule has 1 unspecified atom stereocenters. The maximum Gasteiger partial charge on any atom is 0.277 e. The summed E-state index contributed by atoms with van der Waals surface area (Å²) in [5.41, 5.74) is 2.11. The molecule has 3 aromatic rings. The number of alkyl halides is 1. The highest BCUT2D eigenvalue weighted by atomic mass is 35.5. The molecule has 148 valence electrons. The maximum absolute atomic E-state index is 13.1. The molecule has 0 amide bonds. The van der Waals surface area contributed by atoms with Gasteiger partial charge in [-0.05, 0) is 19.4 Å². The zero-order valence-electron chi connectivity index (χ0n) is 16.3. The van der Waals surface area contributed by atoms with Crippen LogP contribution in [0.3, 0.4) is 0 Å². The fourth-order valence-corrected chi connectivity index (χ4v) is 3.13. The molecule has 0 aliphatic heterocycles. The minimum Gasteiger partial charge on any atom is -0.358 e. The molecule has 3 aromatic heterocycles. The first-order valence-electron chi connectivity index (χ1n) is 8.94. The molecule has 10 heteroatoms. The molecule has 0 fully saturated rings. The van der Waals surface area contributed by atoms with E-state index in [4.69, 9.17) is 16.6 Å². The van der Waals surface area contributed by atoms with Crippen molar-refractivity contribution in [3.8, 4) is 0 Å². The van der Waals surface area contributed by atoms with Crippen molar-refractivity contribution in [2.45, 2.75) is 32.2 Å². The highest BCUT2D eigenvalue weighted by Gasteiger charge is 2.21. The van der Waals surface area contributed by atoms with E-state index in [1.807, 2.05) is 26.0 Å². The number of fused-ring (bicyclic) bond motifs is 1. The van der Waals surface area contributed by atoms with Gasteiger partial charge in [-0.3, -0.25) is 4.79 Å². The van der Waals surface area contributed by atoms with Gasteiger partial charge in [0.05, 0.1) is 29.5 Å². The summed E-state index contributed by atoms with van der Waals surface area (Å²) in [7, 11) is 3.58. The number of imidazole rings is 1. The van der Waals surface area contributed by atoms with Crippen LogP contribution in [0.25, 0.3) is 17.2 Å². The second-order valence-corrected chi connectivity index (χ2v) is 6.70. The Bertz CT molecular complexity index is 1060. The summed E-state index contributed by atoms with van der Waals surface area (Å²) in [5.74, 6) is 1.22. The van der Waals surface area contributed by atoms with Crippen molar-refractivity contribution in [1.82, 2.24) is 29.6 Å². The average Bonchev–Trinajstić information content (AvgIpc) is 3.15. The predicted molar refractivity (Wildman–Crippen MR) is 111 cm³/mol. The van der Waals surface area contributed by atoms with E-state index in [2.05, 4.69) is 25.3 Å². The minimum absolute atomic E-state index is 0.0891. The lowest BCUT2D eigenvalue weighted by Crippen LogP contribution is -2.42. The maximum atomic E-state index is 13.1. The van der Waals surface area contributed by atoms with Crippen LogP contribution in [-0.4, -0.2) is 43.7 Å². The van der Waals surface area contributed by atoms with Crippen molar-refractivity contribution >= 4 is 34.7 Å². The molecule has 0 aliphatic carbocycles. The smallest absolute Gasteiger partial charge is 0.277 e. The Hall–Kier alpha value is -2.94. The number of aromatic nitrogens is 6. The quantitative estimate of drug-likeness (QED) is 0.585. The Labute approximate surface area is 167 Å². The molecule has 0 spiro atoms. The van der Waals surface area contributed by atoms with E-state index in [1.54, 1.807) is 25.4 Å². The van der Waals surface area contributed by atoms with Gasteiger partial charge < -0.3 is 15.3 Å². The molecule has 0 aliphatic rings. The Balaban J connectivity index is 2.10. The van der Waals surface area contributed by atoms with E-state index in [9.17, 15) is 4.79 Å². The van der Waals surface area contributed by atoms with Gasteiger partial charge in [0.2, 0.25) is 0 Å². The number of nitrogens with one attached hydrogen (secondary N) is 2. The Morgan fingerprint density at radius 3 is 2.82 bits per heavy atom. The van der Waals surface area contributed by atoms with Gasteiger partial charge in [-0.2, -0.15) is 0 Å². The molecule has 2 N–H and O–H groups in total. The number of H-pyrrole nitrogens is 1. The molecule has 0 aromatic carbocycles. The van der Waals surface area contributed by atoms with Crippen LogP contribution in [0.15, 0.2) is 23.5 Å². The van der Waals surface area contributed by atoms with Crippen LogP contribution in [0.1, 0.15) is 43.4 Å². The third-order valence-electron chi connectivity index (χ3n) is 4.22. The fourth-order valence-electron chi connectivity index (χ4n) is 2.88. The van der Waals surface area contributed by atoms with E-state index < -0.39 is 0 Å². The number of rotatable bonds is 7. The lowest BCUT2D eigenvalue weighted by molar-refractivity contribution is 0.594. The lowest BCUT2D eigenvalue weighted by atomic mass is 10.2. The van der Waals surface area contributed by atoms with Crippen LogP contribution in [0, 0.1) is 0 Å². The van der Waals surface area contributed by atoms with Crippen LogP contribution in [0.4, 0.5) is 5.82 Å². The normalized spacial score (nSPS) is 12.6. The summed E-state index contributed by atoms with van der Waals surface area (Å²) in [5, 5.41) is 4.99. The average molecular weight is 403 g/mol. The molecule has 0 saturated carbocycles. The van der Waals surface area contributed by atoms with Gasteiger partial charge in [-0.1, -0.05) is 13.0 Å². The van der Waals surface area contributed by atoms with Crippen molar-refractivity contribution in [3.63, 3.8) is 0 Å². The van der Waals surface area contributed by atoms with E-state index in [0.717, 1.165) is 6.42 Å². The summed E-state index contributed by atoms with van der Waals surface area (Å²) in [6.07, 6.45) is 7.64. The number of nitrogens with zero attached hydrogens (tertiary/aromatic N) is 6. The second kappa shape index (κ2) is 8.39. The van der Waals surface area contributed by atoms with Crippen LogP contribution in [0.2, 0.25) is 0 Å². The fraction of sp³-hybridized carbons (Fsp3) is 0.389. The van der Waals surface area contributed by atoms with Crippen molar-refractivity contribution in [3.05, 3.63) is 46.2 Å². The van der Waals surface area contributed by atoms with Gasteiger partial charge in [0.25, 0.3) is 5.56 Å². The first kappa shape index (κ1) is 19.8. The van der Waals surface area contributed by atoms with Crippen molar-refractivity contribution in [2.24, 2.45) is 0 Å². The molecular weight excluding hydrogens is 380 g/mol. The van der Waals surface area contributed by atoms with Gasteiger partial charge in [0.1, 0.15) is 11.8 Å². The van der Waals surface area contributed by atoms with E-state index in [-0.39, 0.29) is 17.5 Å². The first-order valence-corrected chi connectivity index (χ1v) is 9.47. The summed E-state index contributed by atoms with van der Waals surface area (Å²) in [4.78, 5) is 33.4. The Morgan fingerprint density at radius 2 is 2.14 bits per heavy atom. The molecule has 3 rings (SSSR count). The summed E-state index contributed by atoms with van der Waals surface area (Å²) < 4.78 is 1.52. The van der Waals surface area contributed by atoms with Gasteiger partial charge in [-0.15, -0.1) is 11.6 Å². The Morgan fingerprint density at radius 1 is 1.36 bits per heavy atom. The van der Waals surface area contributed by atoms with Crippen molar-refractivity contribution in [2.75, 3.05) is 24.4 Å². The molecule has 0 radical (unpaired) electrons. The monoisotopic (exact) mass is 402 g/mol. The number of hydrogen-bond acceptors (Lipinski definition) is 7. The van der Waals surface area contributed by atoms with Gasteiger partial charge in [0, 0.05) is 14.1 Å². The largest absolute Gasteiger partial charge is 0.358 e. The van der Waals surface area contributed by atoms with Gasteiger partial charge >= 0.3 is 0 Å². The van der Waals surface area contributed by atoms with E-state index >= 15 is 0 Å². The SMILES string of the molecule is CC/C=C\c1nc(C(C)Nc2ncnc3nc[nH]c23)n(N(C)C)c(=O)c1CCl. The standard InChI is InChI=1S/C18H23ClN8O/c1-5-6-7-13-12(8-19)18(28)27(26(3)4)17(25-13)11(2)24-16-14-15(21-9-20-14)22-10-23-16/h6-7,9-11H,5,8H2,1-4H3,(H2,20,21,22,23,24)/b7-6-. The van der Waals surface area contributed by atoms with Crippen LogP contribution in [0.5, 0.6) is 0 Å². The molecule has 0 saturated heterocycles. The number of halogens is 1. The molecule has 9 nitrogen and oxygen atoms in total. The Kier molecular flexibility index (Phi) is 5.93. The third kappa shape index (κ3) is 3.70. The highest BCUT2D eigenvalue weighted by Crippen LogP contribution is 2.21. The predicted octanol–water partition coefficient (Wildman–Crippen LogP) is 2.44. The van der Waals surface area contributed by atoms with E-state index in [0.29, 0.717) is 34.1 Å². The number of aromatic amines is 1. The van der Waals surface area contributed by atoms with Crippen molar-refractivity contribution < 1.29 is 0 Å². The molecule has 1 atom stereocenters. The topological polar surface area (TPSA) is 105 Å².